The molecule has 0 amide bonds. The quantitative estimate of drug-likeness (QED) is 0.730. The Morgan fingerprint density at radius 1 is 1.33 bits per heavy atom. The van der Waals surface area contributed by atoms with Crippen LogP contribution in [0.2, 0.25) is 0 Å². The number of nitrogens with one attached hydrogen (secondary N) is 1. The van der Waals surface area contributed by atoms with Crippen molar-refractivity contribution < 1.29 is 0 Å². The Balaban J connectivity index is 2.44. The van der Waals surface area contributed by atoms with Gasteiger partial charge in [0.1, 0.15) is 0 Å². The van der Waals surface area contributed by atoms with E-state index in [-0.39, 0.29) is 0 Å². The molecule has 0 aliphatic carbocycles. The van der Waals surface area contributed by atoms with E-state index in [0.717, 1.165) is 12.3 Å². The van der Waals surface area contributed by atoms with Crippen LogP contribution in [0.5, 0.6) is 0 Å². The fourth-order valence-electron chi connectivity index (χ4n) is 2.70. The second-order valence-corrected chi connectivity index (χ2v) is 5.27. The second kappa shape index (κ2) is 8.30. The van der Waals surface area contributed by atoms with Crippen molar-refractivity contribution in [3.05, 3.63) is 18.0 Å². The van der Waals surface area contributed by atoms with Crippen LogP contribution in [0.15, 0.2) is 12.4 Å². The van der Waals surface area contributed by atoms with E-state index in [4.69, 9.17) is 0 Å². The van der Waals surface area contributed by atoms with Crippen molar-refractivity contribution in [2.24, 2.45) is 13.0 Å². The van der Waals surface area contributed by atoms with Gasteiger partial charge in [-0.25, -0.2) is 0 Å². The van der Waals surface area contributed by atoms with Crippen molar-refractivity contribution >= 4 is 0 Å². The van der Waals surface area contributed by atoms with Gasteiger partial charge in [0.2, 0.25) is 0 Å². The predicted molar refractivity (Wildman–Crippen MR) is 77.7 cm³/mol. The summed E-state index contributed by atoms with van der Waals surface area (Å²) < 4.78 is 1.89. The lowest BCUT2D eigenvalue weighted by Crippen LogP contribution is -2.33. The van der Waals surface area contributed by atoms with Crippen LogP contribution in [0.4, 0.5) is 0 Å². The zero-order valence-electron chi connectivity index (χ0n) is 12.4. The van der Waals surface area contributed by atoms with Gasteiger partial charge < -0.3 is 5.32 Å². The summed E-state index contributed by atoms with van der Waals surface area (Å²) in [5, 5.41) is 7.74. The molecule has 3 heteroatoms. The summed E-state index contributed by atoms with van der Waals surface area (Å²) in [6.07, 6.45) is 11.7. The average Bonchev–Trinajstić information content (AvgIpc) is 2.79. The number of hydrogen-bond donors (Lipinski definition) is 1. The highest BCUT2D eigenvalue weighted by atomic mass is 15.2. The molecule has 2 atom stereocenters. The van der Waals surface area contributed by atoms with E-state index in [2.05, 4.69) is 37.5 Å². The molecule has 0 fully saturated rings. The highest BCUT2D eigenvalue weighted by Gasteiger charge is 2.17. The molecule has 0 spiro atoms. The first-order valence-corrected chi connectivity index (χ1v) is 7.36. The third-order valence-electron chi connectivity index (χ3n) is 3.90. The highest BCUT2D eigenvalue weighted by molar-refractivity contribution is 5.04. The summed E-state index contributed by atoms with van der Waals surface area (Å²) >= 11 is 0. The number of nitrogens with zero attached hydrogens (tertiary/aromatic N) is 2. The number of unbranched alkanes of at least 4 members (excludes halogenated alkanes) is 1. The average molecular weight is 251 g/mol. The maximum Gasteiger partial charge on any atom is 0.0521 e. The zero-order valence-corrected chi connectivity index (χ0v) is 12.4. The fraction of sp³-hybridized carbons (Fsp3) is 0.800. The molecule has 0 radical (unpaired) electrons. The molecule has 0 saturated heterocycles. The lowest BCUT2D eigenvalue weighted by atomic mass is 9.88. The molecule has 0 saturated carbocycles. The minimum Gasteiger partial charge on any atom is -0.317 e. The Morgan fingerprint density at radius 2 is 2.11 bits per heavy atom. The summed E-state index contributed by atoms with van der Waals surface area (Å²) in [5.41, 5.74) is 1.35. The molecule has 0 bridgehead atoms. The first kappa shape index (κ1) is 15.2. The number of aromatic nitrogens is 2. The van der Waals surface area contributed by atoms with Crippen LogP contribution >= 0.6 is 0 Å². The van der Waals surface area contributed by atoms with Crippen LogP contribution in [0, 0.1) is 5.92 Å². The van der Waals surface area contributed by atoms with Gasteiger partial charge in [0, 0.05) is 19.3 Å². The van der Waals surface area contributed by atoms with Gasteiger partial charge in [-0.05, 0) is 37.8 Å². The SMILES string of the molecule is CCCCC(CC)C(CCc1cnn(C)c1)NC. The minimum atomic E-state index is 0.641. The lowest BCUT2D eigenvalue weighted by Gasteiger charge is -2.25. The molecule has 3 nitrogen and oxygen atoms in total. The summed E-state index contributed by atoms with van der Waals surface area (Å²) in [4.78, 5) is 0. The summed E-state index contributed by atoms with van der Waals surface area (Å²) in [6, 6.07) is 0.641. The summed E-state index contributed by atoms with van der Waals surface area (Å²) in [5.74, 6) is 0.812. The Bertz CT molecular complexity index is 319. The first-order chi connectivity index (χ1) is 8.71. The third kappa shape index (κ3) is 4.81. The molecule has 0 aliphatic heterocycles. The van der Waals surface area contributed by atoms with E-state index in [0.29, 0.717) is 6.04 Å². The van der Waals surface area contributed by atoms with Crippen molar-refractivity contribution in [3.8, 4) is 0 Å². The Morgan fingerprint density at radius 3 is 2.61 bits per heavy atom. The molecule has 2 unspecified atom stereocenters. The second-order valence-electron chi connectivity index (χ2n) is 5.27. The molecule has 1 heterocycles. The molecule has 0 aromatic carbocycles. The van der Waals surface area contributed by atoms with Gasteiger partial charge in [0.05, 0.1) is 6.20 Å². The van der Waals surface area contributed by atoms with Gasteiger partial charge >= 0.3 is 0 Å². The van der Waals surface area contributed by atoms with E-state index in [1.807, 2.05) is 17.9 Å². The van der Waals surface area contributed by atoms with Crippen molar-refractivity contribution in [2.75, 3.05) is 7.05 Å². The summed E-state index contributed by atoms with van der Waals surface area (Å²) in [7, 11) is 4.08. The van der Waals surface area contributed by atoms with Gasteiger partial charge in [-0.1, -0.05) is 33.1 Å². The van der Waals surface area contributed by atoms with Crippen LogP contribution in [-0.2, 0) is 13.5 Å². The predicted octanol–water partition coefficient (Wildman–Crippen LogP) is 3.16. The molecule has 18 heavy (non-hydrogen) atoms. The number of rotatable bonds is 9. The molecular weight excluding hydrogens is 222 g/mol. The van der Waals surface area contributed by atoms with E-state index < -0.39 is 0 Å². The van der Waals surface area contributed by atoms with Crippen LogP contribution in [0.25, 0.3) is 0 Å². The normalized spacial score (nSPS) is 14.7. The van der Waals surface area contributed by atoms with Crippen LogP contribution in [-0.4, -0.2) is 22.9 Å². The van der Waals surface area contributed by atoms with E-state index >= 15 is 0 Å². The Labute approximate surface area is 112 Å². The first-order valence-electron chi connectivity index (χ1n) is 7.36. The summed E-state index contributed by atoms with van der Waals surface area (Å²) in [6.45, 7) is 4.59. The number of aryl methyl sites for hydroxylation is 2. The Hall–Kier alpha value is -0.830. The largest absolute Gasteiger partial charge is 0.317 e. The maximum absolute atomic E-state index is 4.23. The molecule has 0 aliphatic rings. The molecular formula is C15H29N3. The van der Waals surface area contributed by atoms with Crippen molar-refractivity contribution in [2.45, 2.75) is 58.4 Å². The molecule has 1 aromatic rings. The molecule has 1 rings (SSSR count). The van der Waals surface area contributed by atoms with Crippen molar-refractivity contribution in [3.63, 3.8) is 0 Å². The topological polar surface area (TPSA) is 29.9 Å². The Kier molecular flexibility index (Phi) is 7.02. The smallest absolute Gasteiger partial charge is 0.0521 e. The van der Waals surface area contributed by atoms with Gasteiger partial charge in [-0.15, -0.1) is 0 Å². The highest BCUT2D eigenvalue weighted by Crippen LogP contribution is 2.20. The van der Waals surface area contributed by atoms with Gasteiger partial charge in [-0.2, -0.15) is 5.10 Å². The fourth-order valence-corrected chi connectivity index (χ4v) is 2.70. The van der Waals surface area contributed by atoms with E-state index in [1.54, 1.807) is 0 Å². The van der Waals surface area contributed by atoms with Gasteiger partial charge in [-0.3, -0.25) is 4.68 Å². The lowest BCUT2D eigenvalue weighted by molar-refractivity contribution is 0.317. The van der Waals surface area contributed by atoms with Crippen LogP contribution in [0.1, 0.15) is 51.5 Å². The van der Waals surface area contributed by atoms with Crippen LogP contribution in [0.3, 0.4) is 0 Å². The molecule has 1 aromatic heterocycles. The third-order valence-corrected chi connectivity index (χ3v) is 3.90. The standard InChI is InChI=1S/C15H29N3/c1-5-7-8-14(6-2)15(16-3)10-9-13-11-17-18(4)12-13/h11-12,14-16H,5-10H2,1-4H3. The molecule has 1 N–H and O–H groups in total. The number of hydrogen-bond acceptors (Lipinski definition) is 2. The van der Waals surface area contributed by atoms with Crippen molar-refractivity contribution in [1.82, 2.24) is 15.1 Å². The minimum absolute atomic E-state index is 0.641. The van der Waals surface area contributed by atoms with Gasteiger partial charge in [0.25, 0.3) is 0 Å². The van der Waals surface area contributed by atoms with Gasteiger partial charge in [0.15, 0.2) is 0 Å². The zero-order chi connectivity index (χ0) is 13.4. The van der Waals surface area contributed by atoms with E-state index in [1.165, 1.54) is 37.7 Å². The maximum atomic E-state index is 4.23. The van der Waals surface area contributed by atoms with Crippen LogP contribution < -0.4 is 5.32 Å². The van der Waals surface area contributed by atoms with E-state index in [9.17, 15) is 0 Å². The van der Waals surface area contributed by atoms with Crippen molar-refractivity contribution in [1.29, 1.82) is 0 Å². The monoisotopic (exact) mass is 251 g/mol. The molecule has 104 valence electrons.